The molecule has 2 aromatic rings. The lowest BCUT2D eigenvalue weighted by Gasteiger charge is -2.29. The first-order chi connectivity index (χ1) is 11.1. The predicted octanol–water partition coefficient (Wildman–Crippen LogP) is 2.13. The van der Waals surface area contributed by atoms with Crippen LogP contribution in [-0.4, -0.2) is 40.9 Å². The number of nitrogens with one attached hydrogen (secondary N) is 1. The van der Waals surface area contributed by atoms with E-state index in [0.29, 0.717) is 17.4 Å². The van der Waals surface area contributed by atoms with E-state index >= 15 is 0 Å². The molecular weight excluding hydrogens is 290 g/mol. The van der Waals surface area contributed by atoms with Crippen molar-refractivity contribution < 1.29 is 4.79 Å². The summed E-state index contributed by atoms with van der Waals surface area (Å²) in [5, 5.41) is 3.12. The van der Waals surface area contributed by atoms with Crippen molar-refractivity contribution in [3.05, 3.63) is 47.8 Å². The van der Waals surface area contributed by atoms with Gasteiger partial charge in [0.05, 0.1) is 5.56 Å². The van der Waals surface area contributed by atoms with E-state index in [1.807, 2.05) is 12.1 Å². The Morgan fingerprint density at radius 3 is 2.35 bits per heavy atom. The Labute approximate surface area is 135 Å². The van der Waals surface area contributed by atoms with E-state index in [4.69, 9.17) is 5.73 Å². The second kappa shape index (κ2) is 6.75. The van der Waals surface area contributed by atoms with E-state index in [0.717, 1.165) is 18.8 Å². The normalized spacial score (nSPS) is 16.2. The monoisotopic (exact) mass is 311 g/mol. The minimum Gasteiger partial charge on any atom is -0.366 e. The Morgan fingerprint density at radius 2 is 1.78 bits per heavy atom. The number of carbonyl (C=O) groups is 1. The molecule has 6 nitrogen and oxygen atoms in total. The highest BCUT2D eigenvalue weighted by molar-refractivity contribution is 5.92. The summed E-state index contributed by atoms with van der Waals surface area (Å²) in [6, 6.07) is 8.41. The first-order valence-corrected chi connectivity index (χ1v) is 7.79. The van der Waals surface area contributed by atoms with Crippen molar-refractivity contribution in [1.29, 1.82) is 0 Å². The minimum absolute atomic E-state index is 0.299. The summed E-state index contributed by atoms with van der Waals surface area (Å²) in [6.45, 7) is 2.31. The van der Waals surface area contributed by atoms with Crippen molar-refractivity contribution in [3.63, 3.8) is 0 Å². The van der Waals surface area contributed by atoms with E-state index < -0.39 is 5.91 Å². The van der Waals surface area contributed by atoms with Gasteiger partial charge >= 0.3 is 0 Å². The second-order valence-corrected chi connectivity index (χ2v) is 5.98. The Bertz CT molecular complexity index is 660. The van der Waals surface area contributed by atoms with Gasteiger partial charge in [-0.05, 0) is 56.6 Å². The third kappa shape index (κ3) is 3.84. The summed E-state index contributed by atoms with van der Waals surface area (Å²) in [6.07, 6.45) is 5.26. The summed E-state index contributed by atoms with van der Waals surface area (Å²) in [5.74, 6) is 0.562. The van der Waals surface area contributed by atoms with Gasteiger partial charge in [0, 0.05) is 18.1 Å². The molecule has 0 radical (unpaired) electrons. The van der Waals surface area contributed by atoms with Crippen molar-refractivity contribution >= 4 is 17.5 Å². The molecule has 2 heterocycles. The van der Waals surface area contributed by atoms with Crippen molar-refractivity contribution in [2.75, 3.05) is 25.5 Å². The molecule has 0 spiro atoms. The third-order valence-electron chi connectivity index (χ3n) is 4.29. The molecule has 0 aliphatic carbocycles. The molecule has 1 aliphatic heterocycles. The van der Waals surface area contributed by atoms with Gasteiger partial charge in [-0.3, -0.25) is 4.79 Å². The highest BCUT2D eigenvalue weighted by Gasteiger charge is 2.18. The van der Waals surface area contributed by atoms with Crippen LogP contribution in [-0.2, 0) is 0 Å². The van der Waals surface area contributed by atoms with Gasteiger partial charge < -0.3 is 16.0 Å². The van der Waals surface area contributed by atoms with Crippen LogP contribution >= 0.6 is 0 Å². The molecule has 0 atom stereocenters. The summed E-state index contributed by atoms with van der Waals surface area (Å²) in [4.78, 5) is 21.5. The highest BCUT2D eigenvalue weighted by atomic mass is 16.1. The van der Waals surface area contributed by atoms with Gasteiger partial charge in [-0.15, -0.1) is 0 Å². The molecule has 1 aliphatic rings. The van der Waals surface area contributed by atoms with Gasteiger partial charge in [0.15, 0.2) is 0 Å². The lowest BCUT2D eigenvalue weighted by Crippen LogP contribution is -2.29. The smallest absolute Gasteiger partial charge is 0.251 e. The Morgan fingerprint density at radius 1 is 1.17 bits per heavy atom. The van der Waals surface area contributed by atoms with Crippen molar-refractivity contribution in [3.8, 4) is 0 Å². The number of anilines is 2. The summed E-state index contributed by atoms with van der Waals surface area (Å²) < 4.78 is 0. The average molecular weight is 311 g/mol. The zero-order valence-electron chi connectivity index (χ0n) is 13.2. The number of hydrogen-bond acceptors (Lipinski definition) is 5. The standard InChI is InChI=1S/C17H21N5O/c1-22-8-6-13(7-9-22)12-2-4-15(5-3-12)21-17-19-10-14(11-20-17)16(18)23/h2-5,10-11,13H,6-9H2,1H3,(H2,18,23)(H,19,20,21). The van der Waals surface area contributed by atoms with Crippen LogP contribution in [0.25, 0.3) is 0 Å². The van der Waals surface area contributed by atoms with Gasteiger partial charge in [0.25, 0.3) is 5.91 Å². The van der Waals surface area contributed by atoms with Crippen LogP contribution in [0.5, 0.6) is 0 Å². The van der Waals surface area contributed by atoms with Crippen LogP contribution in [0, 0.1) is 0 Å². The van der Waals surface area contributed by atoms with Gasteiger partial charge in [-0.25, -0.2) is 9.97 Å². The molecule has 6 heteroatoms. The molecule has 0 bridgehead atoms. The van der Waals surface area contributed by atoms with Crippen LogP contribution in [0.2, 0.25) is 0 Å². The van der Waals surface area contributed by atoms with Crippen molar-refractivity contribution in [2.24, 2.45) is 5.73 Å². The zero-order chi connectivity index (χ0) is 16.2. The number of piperidine rings is 1. The third-order valence-corrected chi connectivity index (χ3v) is 4.29. The number of amides is 1. The van der Waals surface area contributed by atoms with Crippen molar-refractivity contribution in [2.45, 2.75) is 18.8 Å². The van der Waals surface area contributed by atoms with E-state index in [2.05, 4.69) is 39.4 Å². The minimum atomic E-state index is -0.529. The number of likely N-dealkylation sites (tertiary alicyclic amines) is 1. The fourth-order valence-corrected chi connectivity index (χ4v) is 2.83. The van der Waals surface area contributed by atoms with Gasteiger partial charge in [-0.1, -0.05) is 12.1 Å². The largest absolute Gasteiger partial charge is 0.366 e. The summed E-state index contributed by atoms with van der Waals surface area (Å²) in [5.41, 5.74) is 7.78. The SMILES string of the molecule is CN1CCC(c2ccc(Nc3ncc(C(N)=O)cn3)cc2)CC1. The molecular formula is C17H21N5O. The van der Waals surface area contributed by atoms with Crippen LogP contribution in [0.15, 0.2) is 36.7 Å². The predicted molar refractivity (Wildman–Crippen MR) is 89.7 cm³/mol. The molecule has 3 N–H and O–H groups in total. The van der Waals surface area contributed by atoms with Gasteiger partial charge in [-0.2, -0.15) is 0 Å². The molecule has 0 unspecified atom stereocenters. The van der Waals surface area contributed by atoms with E-state index in [1.165, 1.54) is 30.8 Å². The molecule has 1 fully saturated rings. The van der Waals surface area contributed by atoms with Crippen LogP contribution in [0.3, 0.4) is 0 Å². The van der Waals surface area contributed by atoms with Crippen LogP contribution in [0.1, 0.15) is 34.7 Å². The van der Waals surface area contributed by atoms with E-state index in [-0.39, 0.29) is 0 Å². The number of primary amides is 1. The molecule has 3 rings (SSSR count). The van der Waals surface area contributed by atoms with Crippen molar-refractivity contribution in [1.82, 2.24) is 14.9 Å². The number of rotatable bonds is 4. The van der Waals surface area contributed by atoms with Crippen LogP contribution in [0.4, 0.5) is 11.6 Å². The average Bonchev–Trinajstić information content (AvgIpc) is 2.57. The van der Waals surface area contributed by atoms with Crippen LogP contribution < -0.4 is 11.1 Å². The Kier molecular flexibility index (Phi) is 4.52. The molecule has 23 heavy (non-hydrogen) atoms. The molecule has 120 valence electrons. The van der Waals surface area contributed by atoms with E-state index in [1.54, 1.807) is 0 Å². The maximum Gasteiger partial charge on any atom is 0.251 e. The Balaban J connectivity index is 1.64. The Hall–Kier alpha value is -2.47. The molecule has 1 amide bonds. The van der Waals surface area contributed by atoms with E-state index in [9.17, 15) is 4.79 Å². The molecule has 1 aromatic carbocycles. The number of nitrogens with zero attached hydrogens (tertiary/aromatic N) is 3. The number of hydrogen-bond donors (Lipinski definition) is 2. The first kappa shape index (κ1) is 15.4. The quantitative estimate of drug-likeness (QED) is 0.903. The first-order valence-electron chi connectivity index (χ1n) is 7.79. The second-order valence-electron chi connectivity index (χ2n) is 5.98. The fourth-order valence-electron chi connectivity index (χ4n) is 2.83. The maximum atomic E-state index is 11.0. The molecule has 1 saturated heterocycles. The number of nitrogens with two attached hydrogens (primary N) is 1. The molecule has 0 saturated carbocycles. The van der Waals surface area contributed by atoms with Gasteiger partial charge in [0.2, 0.25) is 5.95 Å². The summed E-state index contributed by atoms with van der Waals surface area (Å²) in [7, 11) is 2.17. The summed E-state index contributed by atoms with van der Waals surface area (Å²) >= 11 is 0. The van der Waals surface area contributed by atoms with Gasteiger partial charge in [0.1, 0.15) is 0 Å². The fraction of sp³-hybridized carbons (Fsp3) is 0.353. The zero-order valence-corrected chi connectivity index (χ0v) is 13.2. The lowest BCUT2D eigenvalue weighted by atomic mass is 9.89. The molecule has 1 aromatic heterocycles. The number of aromatic nitrogens is 2. The number of benzene rings is 1. The topological polar surface area (TPSA) is 84.1 Å². The lowest BCUT2D eigenvalue weighted by molar-refractivity contribution is 0.0999. The maximum absolute atomic E-state index is 11.0. The highest BCUT2D eigenvalue weighted by Crippen LogP contribution is 2.28. The number of carbonyl (C=O) groups excluding carboxylic acids is 1.